The molecule has 2 aromatic carbocycles. The Balaban J connectivity index is 2.45. The van der Waals surface area contributed by atoms with Crippen LogP contribution in [0.1, 0.15) is 17.2 Å². The number of hydrogen-bond donors (Lipinski definition) is 2. The summed E-state index contributed by atoms with van der Waals surface area (Å²) in [6, 6.07) is 15.9. The summed E-state index contributed by atoms with van der Waals surface area (Å²) in [5.41, 5.74) is 5.09. The maximum atomic E-state index is 6.03. The van der Waals surface area contributed by atoms with Crippen molar-refractivity contribution in [1.29, 1.82) is 0 Å². The van der Waals surface area contributed by atoms with E-state index in [0.717, 1.165) is 16.1 Å². The Labute approximate surface area is 117 Å². The van der Waals surface area contributed by atoms with E-state index in [1.807, 2.05) is 36.4 Å². The molecule has 0 aliphatic rings. The van der Waals surface area contributed by atoms with Crippen LogP contribution in [0.25, 0.3) is 0 Å². The molecule has 0 heterocycles. The van der Waals surface area contributed by atoms with Crippen molar-refractivity contribution in [3.63, 3.8) is 0 Å². The molecule has 0 aromatic heterocycles. The first-order chi connectivity index (χ1) is 8.76. The van der Waals surface area contributed by atoms with Gasteiger partial charge in [-0.25, -0.2) is 5.43 Å². The van der Waals surface area contributed by atoms with Gasteiger partial charge in [0.05, 0.1) is 6.04 Å². The summed E-state index contributed by atoms with van der Waals surface area (Å²) in [6.45, 7) is 0. The van der Waals surface area contributed by atoms with E-state index in [-0.39, 0.29) is 6.04 Å². The van der Waals surface area contributed by atoms with Crippen molar-refractivity contribution in [1.82, 2.24) is 5.43 Å². The molecule has 0 aliphatic heterocycles. The van der Waals surface area contributed by atoms with Crippen LogP contribution in [-0.4, -0.2) is 6.26 Å². The SMILES string of the molecule is CSc1ccccc1C(NN)c1cccc(Cl)c1. The van der Waals surface area contributed by atoms with Gasteiger partial charge >= 0.3 is 0 Å². The smallest absolute Gasteiger partial charge is 0.0721 e. The molecule has 2 nitrogen and oxygen atoms in total. The highest BCUT2D eigenvalue weighted by molar-refractivity contribution is 7.98. The van der Waals surface area contributed by atoms with Gasteiger partial charge in [-0.3, -0.25) is 5.84 Å². The molecule has 0 aliphatic carbocycles. The Hall–Kier alpha value is -1.00. The first-order valence-corrected chi connectivity index (χ1v) is 7.21. The fraction of sp³-hybridized carbons (Fsp3) is 0.143. The van der Waals surface area contributed by atoms with E-state index < -0.39 is 0 Å². The number of hydrogen-bond acceptors (Lipinski definition) is 3. The standard InChI is InChI=1S/C14H15ClN2S/c1-18-13-8-3-2-7-12(13)14(17-16)10-5-4-6-11(15)9-10/h2-9,14,17H,16H2,1H3. The molecule has 0 saturated heterocycles. The third-order valence-electron chi connectivity index (χ3n) is 2.80. The molecule has 1 atom stereocenters. The normalized spacial score (nSPS) is 12.4. The van der Waals surface area contributed by atoms with E-state index in [0.29, 0.717) is 0 Å². The second kappa shape index (κ2) is 6.25. The predicted octanol–water partition coefficient (Wildman–Crippen LogP) is 3.61. The van der Waals surface area contributed by atoms with Gasteiger partial charge in [-0.15, -0.1) is 11.8 Å². The Morgan fingerprint density at radius 1 is 1.17 bits per heavy atom. The van der Waals surface area contributed by atoms with Gasteiger partial charge < -0.3 is 0 Å². The molecule has 0 radical (unpaired) electrons. The molecule has 1 unspecified atom stereocenters. The van der Waals surface area contributed by atoms with E-state index in [9.17, 15) is 0 Å². The topological polar surface area (TPSA) is 38.0 Å². The number of hydrazine groups is 1. The minimum absolute atomic E-state index is 0.0488. The maximum absolute atomic E-state index is 6.03. The van der Waals surface area contributed by atoms with Gasteiger partial charge in [-0.05, 0) is 35.6 Å². The zero-order valence-electron chi connectivity index (χ0n) is 10.1. The Morgan fingerprint density at radius 2 is 1.94 bits per heavy atom. The van der Waals surface area contributed by atoms with Crippen molar-refractivity contribution < 1.29 is 0 Å². The van der Waals surface area contributed by atoms with Gasteiger partial charge in [-0.1, -0.05) is 41.9 Å². The van der Waals surface area contributed by atoms with E-state index in [1.165, 1.54) is 4.90 Å². The van der Waals surface area contributed by atoms with Gasteiger partial charge in [0.25, 0.3) is 0 Å². The number of benzene rings is 2. The summed E-state index contributed by atoms with van der Waals surface area (Å²) in [5.74, 6) is 5.71. The summed E-state index contributed by atoms with van der Waals surface area (Å²) < 4.78 is 0. The van der Waals surface area contributed by atoms with Gasteiger partial charge in [0, 0.05) is 9.92 Å². The van der Waals surface area contributed by atoms with E-state index in [4.69, 9.17) is 17.4 Å². The minimum atomic E-state index is -0.0488. The van der Waals surface area contributed by atoms with Crippen molar-refractivity contribution in [2.24, 2.45) is 5.84 Å². The number of thioether (sulfide) groups is 1. The summed E-state index contributed by atoms with van der Waals surface area (Å²) in [6.07, 6.45) is 2.06. The van der Waals surface area contributed by atoms with E-state index in [1.54, 1.807) is 11.8 Å². The van der Waals surface area contributed by atoms with Gasteiger partial charge in [-0.2, -0.15) is 0 Å². The van der Waals surface area contributed by atoms with Crippen LogP contribution in [0.4, 0.5) is 0 Å². The molecule has 2 aromatic rings. The number of halogens is 1. The number of rotatable bonds is 4. The average molecular weight is 279 g/mol. The van der Waals surface area contributed by atoms with Crippen molar-refractivity contribution in [3.05, 3.63) is 64.7 Å². The molecule has 0 spiro atoms. The quantitative estimate of drug-likeness (QED) is 0.510. The summed E-state index contributed by atoms with van der Waals surface area (Å²) >= 11 is 7.74. The van der Waals surface area contributed by atoms with Crippen molar-refractivity contribution in [3.8, 4) is 0 Å². The first-order valence-electron chi connectivity index (χ1n) is 5.60. The van der Waals surface area contributed by atoms with Gasteiger partial charge in [0.2, 0.25) is 0 Å². The molecule has 0 bridgehead atoms. The fourth-order valence-electron chi connectivity index (χ4n) is 1.96. The summed E-state index contributed by atoms with van der Waals surface area (Å²) in [5, 5.41) is 0.717. The van der Waals surface area contributed by atoms with Crippen LogP contribution in [-0.2, 0) is 0 Å². The van der Waals surface area contributed by atoms with Crippen LogP contribution in [0.5, 0.6) is 0 Å². The number of nitrogens with two attached hydrogens (primary N) is 1. The monoisotopic (exact) mass is 278 g/mol. The Morgan fingerprint density at radius 3 is 2.61 bits per heavy atom. The van der Waals surface area contributed by atoms with Crippen LogP contribution >= 0.6 is 23.4 Å². The Bertz CT molecular complexity index is 531. The minimum Gasteiger partial charge on any atom is -0.271 e. The van der Waals surface area contributed by atoms with Crippen molar-refractivity contribution >= 4 is 23.4 Å². The molecular formula is C14H15ClN2S. The highest BCUT2D eigenvalue weighted by Gasteiger charge is 2.15. The zero-order chi connectivity index (χ0) is 13.0. The molecule has 3 N–H and O–H groups in total. The first kappa shape index (κ1) is 13.4. The lowest BCUT2D eigenvalue weighted by molar-refractivity contribution is 0.628. The molecule has 0 saturated carbocycles. The summed E-state index contributed by atoms with van der Waals surface area (Å²) in [7, 11) is 0. The third kappa shape index (κ3) is 2.87. The molecule has 0 amide bonds. The van der Waals surface area contributed by atoms with Crippen LogP contribution in [0, 0.1) is 0 Å². The maximum Gasteiger partial charge on any atom is 0.0721 e. The highest BCUT2D eigenvalue weighted by Crippen LogP contribution is 2.30. The second-order valence-electron chi connectivity index (χ2n) is 3.90. The molecule has 4 heteroatoms. The second-order valence-corrected chi connectivity index (χ2v) is 5.18. The van der Waals surface area contributed by atoms with E-state index >= 15 is 0 Å². The van der Waals surface area contributed by atoms with Crippen LogP contribution in [0.2, 0.25) is 5.02 Å². The highest BCUT2D eigenvalue weighted by atomic mass is 35.5. The fourth-order valence-corrected chi connectivity index (χ4v) is 2.79. The predicted molar refractivity (Wildman–Crippen MR) is 78.8 cm³/mol. The lowest BCUT2D eigenvalue weighted by atomic mass is 9.99. The lowest BCUT2D eigenvalue weighted by Crippen LogP contribution is -2.29. The van der Waals surface area contributed by atoms with Gasteiger partial charge in [0.1, 0.15) is 0 Å². The van der Waals surface area contributed by atoms with Crippen LogP contribution in [0.3, 0.4) is 0 Å². The molecule has 94 valence electrons. The zero-order valence-corrected chi connectivity index (χ0v) is 11.6. The average Bonchev–Trinajstić information content (AvgIpc) is 2.40. The molecule has 0 fully saturated rings. The Kier molecular flexibility index (Phi) is 4.66. The number of nitrogens with one attached hydrogen (secondary N) is 1. The third-order valence-corrected chi connectivity index (χ3v) is 3.85. The van der Waals surface area contributed by atoms with Crippen LogP contribution in [0.15, 0.2) is 53.4 Å². The van der Waals surface area contributed by atoms with Gasteiger partial charge in [0.15, 0.2) is 0 Å². The lowest BCUT2D eigenvalue weighted by Gasteiger charge is -2.19. The molecular weight excluding hydrogens is 264 g/mol. The van der Waals surface area contributed by atoms with Crippen LogP contribution < -0.4 is 11.3 Å². The molecule has 18 heavy (non-hydrogen) atoms. The largest absolute Gasteiger partial charge is 0.271 e. The van der Waals surface area contributed by atoms with Crippen molar-refractivity contribution in [2.45, 2.75) is 10.9 Å². The molecule has 2 rings (SSSR count). The summed E-state index contributed by atoms with van der Waals surface area (Å²) in [4.78, 5) is 1.21. The van der Waals surface area contributed by atoms with E-state index in [2.05, 4.69) is 23.8 Å². The van der Waals surface area contributed by atoms with Crippen molar-refractivity contribution in [2.75, 3.05) is 6.26 Å².